The summed E-state index contributed by atoms with van der Waals surface area (Å²) in [6.07, 6.45) is 0. The Balaban J connectivity index is 2.19. The van der Waals surface area contributed by atoms with E-state index in [0.717, 1.165) is 16.7 Å². The maximum absolute atomic E-state index is 5.83. The van der Waals surface area contributed by atoms with Gasteiger partial charge >= 0.3 is 0 Å². The number of aromatic nitrogens is 1. The molecular weight excluding hydrogens is 337 g/mol. The molecule has 0 aliphatic carbocycles. The number of aryl methyl sites for hydroxylation is 2. The van der Waals surface area contributed by atoms with Gasteiger partial charge in [-0.25, -0.2) is 4.98 Å². The molecule has 0 spiro atoms. The third-order valence-electron chi connectivity index (χ3n) is 3.08. The molecule has 0 amide bonds. The summed E-state index contributed by atoms with van der Waals surface area (Å²) in [5, 5.41) is 0. The molecule has 3 aromatic rings. The van der Waals surface area contributed by atoms with Crippen LogP contribution in [0.5, 0.6) is 0 Å². The average molecular weight is 349 g/mol. The van der Waals surface area contributed by atoms with E-state index < -0.39 is 0 Å². The number of fused-ring (bicyclic) bond motifs is 1. The predicted molar refractivity (Wildman–Crippen MR) is 81.6 cm³/mol. The third kappa shape index (κ3) is 2.03. The Morgan fingerprint density at radius 1 is 1.06 bits per heavy atom. The summed E-state index contributed by atoms with van der Waals surface area (Å²) in [5.41, 5.74) is 5.27. The summed E-state index contributed by atoms with van der Waals surface area (Å²) >= 11 is 2.29. The first-order valence-corrected chi connectivity index (χ1v) is 6.85. The van der Waals surface area contributed by atoms with E-state index in [1.165, 1.54) is 14.7 Å². The average Bonchev–Trinajstić information content (AvgIpc) is 2.73. The fourth-order valence-corrected chi connectivity index (χ4v) is 2.47. The molecule has 0 saturated heterocycles. The Bertz CT molecular complexity index is 691. The minimum absolute atomic E-state index is 0.688. The Morgan fingerprint density at radius 3 is 2.61 bits per heavy atom. The van der Waals surface area contributed by atoms with E-state index in [1.807, 2.05) is 12.1 Å². The molecule has 2 nitrogen and oxygen atoms in total. The number of nitrogens with zero attached hydrogens (tertiary/aromatic N) is 1. The summed E-state index contributed by atoms with van der Waals surface area (Å²) in [6.45, 7) is 4.18. The van der Waals surface area contributed by atoms with Crippen molar-refractivity contribution in [3.05, 3.63) is 51.1 Å². The largest absolute Gasteiger partial charge is 0.436 e. The SMILES string of the molecule is Cc1cc2nc(-c3cccc(I)c3)oc2cc1C. The summed E-state index contributed by atoms with van der Waals surface area (Å²) in [5.74, 6) is 0.688. The van der Waals surface area contributed by atoms with Crippen molar-refractivity contribution in [2.75, 3.05) is 0 Å². The zero-order valence-corrected chi connectivity index (χ0v) is 12.4. The second-order valence-corrected chi connectivity index (χ2v) is 5.68. The number of halogens is 1. The molecule has 18 heavy (non-hydrogen) atoms. The molecule has 0 fully saturated rings. The molecule has 0 N–H and O–H groups in total. The molecular formula is C15H12INO. The molecule has 90 valence electrons. The molecule has 0 unspecified atom stereocenters. The van der Waals surface area contributed by atoms with Gasteiger partial charge in [-0.2, -0.15) is 0 Å². The van der Waals surface area contributed by atoms with Crippen molar-refractivity contribution >= 4 is 33.7 Å². The number of hydrogen-bond acceptors (Lipinski definition) is 2. The normalized spacial score (nSPS) is 11.1. The fourth-order valence-electron chi connectivity index (χ4n) is 1.92. The van der Waals surface area contributed by atoms with Gasteiger partial charge in [-0.15, -0.1) is 0 Å². The number of rotatable bonds is 1. The zero-order valence-electron chi connectivity index (χ0n) is 10.2. The second kappa shape index (κ2) is 4.39. The molecule has 0 radical (unpaired) electrons. The molecule has 3 rings (SSSR count). The lowest BCUT2D eigenvalue weighted by atomic mass is 10.1. The van der Waals surface area contributed by atoms with Gasteiger partial charge in [0.05, 0.1) is 0 Å². The topological polar surface area (TPSA) is 26.0 Å². The van der Waals surface area contributed by atoms with E-state index in [-0.39, 0.29) is 0 Å². The van der Waals surface area contributed by atoms with Crippen molar-refractivity contribution in [2.24, 2.45) is 0 Å². The van der Waals surface area contributed by atoms with Gasteiger partial charge in [-0.05, 0) is 77.9 Å². The highest BCUT2D eigenvalue weighted by Gasteiger charge is 2.09. The molecule has 0 bridgehead atoms. The van der Waals surface area contributed by atoms with Gasteiger partial charge in [0.25, 0.3) is 0 Å². The standard InChI is InChI=1S/C15H12INO/c1-9-6-13-14(7-10(9)2)18-15(17-13)11-4-3-5-12(16)8-11/h3-8H,1-2H3. The molecule has 1 heterocycles. The van der Waals surface area contributed by atoms with E-state index in [9.17, 15) is 0 Å². The van der Waals surface area contributed by atoms with Gasteiger partial charge in [0.15, 0.2) is 5.58 Å². The van der Waals surface area contributed by atoms with Crippen LogP contribution in [0.4, 0.5) is 0 Å². The summed E-state index contributed by atoms with van der Waals surface area (Å²) in [7, 11) is 0. The third-order valence-corrected chi connectivity index (χ3v) is 3.75. The highest BCUT2D eigenvalue weighted by atomic mass is 127. The minimum atomic E-state index is 0.688. The predicted octanol–water partition coefficient (Wildman–Crippen LogP) is 4.72. The van der Waals surface area contributed by atoms with Gasteiger partial charge in [0, 0.05) is 9.13 Å². The maximum Gasteiger partial charge on any atom is 0.227 e. The van der Waals surface area contributed by atoms with Gasteiger partial charge < -0.3 is 4.42 Å². The van der Waals surface area contributed by atoms with Crippen molar-refractivity contribution in [2.45, 2.75) is 13.8 Å². The van der Waals surface area contributed by atoms with Crippen LogP contribution in [0.3, 0.4) is 0 Å². The first-order chi connectivity index (χ1) is 8.63. The monoisotopic (exact) mass is 349 g/mol. The van der Waals surface area contributed by atoms with Crippen LogP contribution in [0.1, 0.15) is 11.1 Å². The first kappa shape index (κ1) is 11.7. The van der Waals surface area contributed by atoms with Crippen molar-refractivity contribution in [3.8, 4) is 11.5 Å². The lowest BCUT2D eigenvalue weighted by Gasteiger charge is -1.96. The summed E-state index contributed by atoms with van der Waals surface area (Å²) in [6, 6.07) is 12.3. The highest BCUT2D eigenvalue weighted by Crippen LogP contribution is 2.27. The van der Waals surface area contributed by atoms with Gasteiger partial charge in [0.1, 0.15) is 5.52 Å². The van der Waals surface area contributed by atoms with E-state index in [0.29, 0.717) is 5.89 Å². The van der Waals surface area contributed by atoms with Gasteiger partial charge in [-0.1, -0.05) is 6.07 Å². The maximum atomic E-state index is 5.83. The molecule has 0 saturated carbocycles. The quantitative estimate of drug-likeness (QED) is 0.595. The lowest BCUT2D eigenvalue weighted by molar-refractivity contribution is 0.619. The van der Waals surface area contributed by atoms with Crippen LogP contribution in [0, 0.1) is 17.4 Å². The van der Waals surface area contributed by atoms with Crippen molar-refractivity contribution in [1.29, 1.82) is 0 Å². The van der Waals surface area contributed by atoms with Crippen LogP contribution in [0.2, 0.25) is 0 Å². The lowest BCUT2D eigenvalue weighted by Crippen LogP contribution is -1.80. The zero-order chi connectivity index (χ0) is 12.7. The number of oxazole rings is 1. The second-order valence-electron chi connectivity index (χ2n) is 4.43. The highest BCUT2D eigenvalue weighted by molar-refractivity contribution is 14.1. The Morgan fingerprint density at radius 2 is 1.83 bits per heavy atom. The van der Waals surface area contributed by atoms with E-state index in [2.05, 4.69) is 65.7 Å². The molecule has 0 aliphatic heterocycles. The number of benzene rings is 2. The van der Waals surface area contributed by atoms with Crippen molar-refractivity contribution in [3.63, 3.8) is 0 Å². The summed E-state index contributed by atoms with van der Waals surface area (Å²) < 4.78 is 7.01. The Labute approximate surface area is 119 Å². The van der Waals surface area contributed by atoms with Crippen LogP contribution in [-0.4, -0.2) is 4.98 Å². The Kier molecular flexibility index (Phi) is 2.86. The van der Waals surface area contributed by atoms with E-state index in [1.54, 1.807) is 0 Å². The van der Waals surface area contributed by atoms with Crippen LogP contribution < -0.4 is 0 Å². The van der Waals surface area contributed by atoms with Crippen molar-refractivity contribution in [1.82, 2.24) is 4.98 Å². The van der Waals surface area contributed by atoms with Crippen LogP contribution >= 0.6 is 22.6 Å². The fraction of sp³-hybridized carbons (Fsp3) is 0.133. The van der Waals surface area contributed by atoms with Crippen LogP contribution in [0.25, 0.3) is 22.6 Å². The van der Waals surface area contributed by atoms with Crippen LogP contribution in [0.15, 0.2) is 40.8 Å². The van der Waals surface area contributed by atoms with Gasteiger partial charge in [0.2, 0.25) is 5.89 Å². The van der Waals surface area contributed by atoms with Gasteiger partial charge in [-0.3, -0.25) is 0 Å². The number of hydrogen-bond donors (Lipinski definition) is 0. The first-order valence-electron chi connectivity index (χ1n) is 5.77. The van der Waals surface area contributed by atoms with E-state index >= 15 is 0 Å². The molecule has 1 aromatic heterocycles. The molecule has 3 heteroatoms. The minimum Gasteiger partial charge on any atom is -0.436 e. The van der Waals surface area contributed by atoms with Crippen LogP contribution in [-0.2, 0) is 0 Å². The van der Waals surface area contributed by atoms with E-state index in [4.69, 9.17) is 4.42 Å². The smallest absolute Gasteiger partial charge is 0.227 e. The molecule has 0 atom stereocenters. The molecule has 0 aliphatic rings. The summed E-state index contributed by atoms with van der Waals surface area (Å²) in [4.78, 5) is 4.56. The Hall–Kier alpha value is -1.36. The van der Waals surface area contributed by atoms with Crippen molar-refractivity contribution < 1.29 is 4.42 Å². The molecule has 2 aromatic carbocycles.